The van der Waals surface area contributed by atoms with Crippen molar-refractivity contribution >= 4 is 45.2 Å². The Hall–Kier alpha value is -2.00. The van der Waals surface area contributed by atoms with Crippen LogP contribution in [0.3, 0.4) is 0 Å². The molecule has 1 aliphatic rings. The zero-order valence-electron chi connectivity index (χ0n) is 19.5. The Morgan fingerprint density at radius 3 is 2.36 bits per heavy atom. The van der Waals surface area contributed by atoms with E-state index in [1.807, 2.05) is 40.6 Å². The van der Waals surface area contributed by atoms with Gasteiger partial charge in [-0.2, -0.15) is 0 Å². The fourth-order valence-electron chi connectivity index (χ4n) is 3.58. The second-order valence-electron chi connectivity index (χ2n) is 8.78. The molecule has 1 aromatic carbocycles. The molecule has 1 heterocycles. The van der Waals surface area contributed by atoms with E-state index in [1.54, 1.807) is 26.0 Å². The maximum atomic E-state index is 12.9. The number of benzene rings is 1. The molecule has 0 aliphatic carbocycles. The van der Waals surface area contributed by atoms with Gasteiger partial charge in [-0.15, -0.1) is 0 Å². The molecule has 1 saturated heterocycles. The normalized spacial score (nSPS) is 17.4. The average molecular weight is 495 g/mol. The summed E-state index contributed by atoms with van der Waals surface area (Å²) in [6.07, 6.45) is 4.44. The second-order valence-corrected chi connectivity index (χ2v) is 11.6. The number of hydrogen-bond acceptors (Lipinski definition) is 6. The number of hydrogen-bond donors (Lipinski definition) is 3. The van der Waals surface area contributed by atoms with Crippen molar-refractivity contribution in [2.75, 3.05) is 5.75 Å². The second kappa shape index (κ2) is 13.6. The monoisotopic (exact) mass is 494 g/mol. The summed E-state index contributed by atoms with van der Waals surface area (Å²) < 4.78 is 0. The van der Waals surface area contributed by atoms with Gasteiger partial charge < -0.3 is 15.7 Å². The Morgan fingerprint density at radius 1 is 1.09 bits per heavy atom. The van der Waals surface area contributed by atoms with Gasteiger partial charge in [0.25, 0.3) is 5.78 Å². The highest BCUT2D eigenvalue weighted by molar-refractivity contribution is 8.77. The minimum absolute atomic E-state index is 0.0629. The van der Waals surface area contributed by atoms with E-state index in [2.05, 4.69) is 10.6 Å². The summed E-state index contributed by atoms with van der Waals surface area (Å²) in [6, 6.07) is 5.27. The fraction of sp³-hybridized carbons (Fsp3) is 0.583. The number of carboxylic acid groups (broad SMARTS) is 1. The van der Waals surface area contributed by atoms with Crippen LogP contribution in [0.5, 0.6) is 0 Å². The van der Waals surface area contributed by atoms with Crippen molar-refractivity contribution in [1.82, 2.24) is 10.6 Å². The van der Waals surface area contributed by atoms with E-state index < -0.39 is 29.7 Å². The molecule has 0 spiro atoms. The van der Waals surface area contributed by atoms with Crippen molar-refractivity contribution in [3.63, 3.8) is 0 Å². The van der Waals surface area contributed by atoms with Crippen molar-refractivity contribution in [3.05, 3.63) is 35.4 Å². The number of unbranched alkanes of at least 4 members (excludes halogenated alkanes) is 1. The molecule has 33 heavy (non-hydrogen) atoms. The van der Waals surface area contributed by atoms with Crippen molar-refractivity contribution in [3.8, 4) is 0 Å². The van der Waals surface area contributed by atoms with Gasteiger partial charge in [0.15, 0.2) is 0 Å². The van der Waals surface area contributed by atoms with Gasteiger partial charge >= 0.3 is 5.97 Å². The molecule has 2 amide bonds. The smallest absolute Gasteiger partial charge is 0.374 e. The van der Waals surface area contributed by atoms with Crippen LogP contribution in [-0.4, -0.2) is 51.8 Å². The molecular weight excluding hydrogens is 460 g/mol. The number of Topliss-reactive ketones (excluding diaryl/α,β-unsaturated/α-hetero) is 1. The van der Waals surface area contributed by atoms with Gasteiger partial charge in [0.1, 0.15) is 12.1 Å². The Morgan fingerprint density at radius 2 is 1.79 bits per heavy atom. The first-order valence-electron chi connectivity index (χ1n) is 11.4. The van der Waals surface area contributed by atoms with Gasteiger partial charge in [-0.25, -0.2) is 4.79 Å². The van der Waals surface area contributed by atoms with Crippen LogP contribution in [-0.2, 0) is 25.6 Å². The Bertz CT molecular complexity index is 823. The van der Waals surface area contributed by atoms with Crippen molar-refractivity contribution < 1.29 is 24.3 Å². The first kappa shape index (κ1) is 27.2. The molecule has 1 unspecified atom stereocenters. The predicted octanol–water partition coefficient (Wildman–Crippen LogP) is 3.53. The highest BCUT2D eigenvalue weighted by Gasteiger charge is 2.31. The molecule has 0 bridgehead atoms. The SMILES string of the molecule is Cc1ccc(C[C@H](NC(=O)[C@@H](NC(=O)CCCCC2CCSS2)C(C)C)C(=O)C(=O)O)cc1. The van der Waals surface area contributed by atoms with Gasteiger partial charge in [0, 0.05) is 23.8 Å². The van der Waals surface area contributed by atoms with Gasteiger partial charge in [-0.1, -0.05) is 71.7 Å². The van der Waals surface area contributed by atoms with E-state index in [-0.39, 0.29) is 18.2 Å². The van der Waals surface area contributed by atoms with Crippen LogP contribution >= 0.6 is 21.6 Å². The molecule has 0 radical (unpaired) electrons. The number of aliphatic carboxylic acids is 1. The van der Waals surface area contributed by atoms with E-state index in [1.165, 1.54) is 12.2 Å². The van der Waals surface area contributed by atoms with Crippen LogP contribution in [0.4, 0.5) is 0 Å². The van der Waals surface area contributed by atoms with Gasteiger partial charge in [0.05, 0.1) is 0 Å². The molecule has 0 saturated carbocycles. The lowest BCUT2D eigenvalue weighted by Gasteiger charge is -2.24. The molecule has 3 N–H and O–H groups in total. The number of aryl methyl sites for hydroxylation is 1. The van der Waals surface area contributed by atoms with E-state index in [4.69, 9.17) is 0 Å². The third-order valence-electron chi connectivity index (χ3n) is 5.58. The molecule has 7 nitrogen and oxygen atoms in total. The Labute approximate surface area is 203 Å². The zero-order chi connectivity index (χ0) is 24.4. The topological polar surface area (TPSA) is 113 Å². The van der Waals surface area contributed by atoms with Crippen molar-refractivity contribution in [2.24, 2.45) is 5.92 Å². The van der Waals surface area contributed by atoms with Gasteiger partial charge in [-0.3, -0.25) is 14.4 Å². The number of ketones is 1. The number of rotatable bonds is 13. The molecule has 1 aliphatic heterocycles. The summed E-state index contributed by atoms with van der Waals surface area (Å²) in [5, 5.41) is 15.2. The molecule has 3 atom stereocenters. The lowest BCUT2D eigenvalue weighted by molar-refractivity contribution is -0.150. The molecule has 1 fully saturated rings. The number of carbonyl (C=O) groups is 4. The van der Waals surface area contributed by atoms with Crippen LogP contribution in [0.2, 0.25) is 0 Å². The molecule has 182 valence electrons. The third kappa shape index (κ3) is 9.41. The minimum atomic E-state index is -1.60. The third-order valence-corrected chi connectivity index (χ3v) is 8.58. The van der Waals surface area contributed by atoms with Crippen LogP contribution in [0.15, 0.2) is 24.3 Å². The van der Waals surface area contributed by atoms with Gasteiger partial charge in [0.2, 0.25) is 11.8 Å². The predicted molar refractivity (Wildman–Crippen MR) is 133 cm³/mol. The summed E-state index contributed by atoms with van der Waals surface area (Å²) in [5.74, 6) is -2.48. The minimum Gasteiger partial charge on any atom is -0.475 e. The first-order chi connectivity index (χ1) is 15.7. The number of amides is 2. The van der Waals surface area contributed by atoms with Crippen LogP contribution in [0, 0.1) is 12.8 Å². The number of carboxylic acids is 1. The fourth-order valence-corrected chi connectivity index (χ4v) is 6.61. The quantitative estimate of drug-likeness (QED) is 0.218. The highest BCUT2D eigenvalue weighted by Crippen LogP contribution is 2.39. The zero-order valence-corrected chi connectivity index (χ0v) is 21.1. The molecular formula is C24H34N2O5S2. The van der Waals surface area contributed by atoms with Crippen LogP contribution < -0.4 is 10.6 Å². The summed E-state index contributed by atoms with van der Waals surface area (Å²) in [5.41, 5.74) is 1.77. The lowest BCUT2D eigenvalue weighted by atomic mass is 9.98. The van der Waals surface area contributed by atoms with E-state index in [0.29, 0.717) is 11.7 Å². The van der Waals surface area contributed by atoms with E-state index in [9.17, 15) is 24.3 Å². The maximum Gasteiger partial charge on any atom is 0.374 e. The number of nitrogens with one attached hydrogen (secondary N) is 2. The Kier molecular flexibility index (Phi) is 11.3. The molecule has 9 heteroatoms. The summed E-state index contributed by atoms with van der Waals surface area (Å²) in [6.45, 7) is 5.52. The average Bonchev–Trinajstić information content (AvgIpc) is 3.28. The summed E-state index contributed by atoms with van der Waals surface area (Å²) >= 11 is 0. The summed E-state index contributed by atoms with van der Waals surface area (Å²) in [7, 11) is 3.83. The van der Waals surface area contributed by atoms with Crippen molar-refractivity contribution in [2.45, 2.75) is 76.6 Å². The number of carbonyl (C=O) groups excluding carboxylic acids is 3. The van der Waals surface area contributed by atoms with E-state index >= 15 is 0 Å². The molecule has 2 rings (SSSR count). The standard InChI is InChI=1S/C24H34N2O5S2/c1-15(2)21(26-20(27)7-5-4-6-18-12-13-32-33-18)23(29)25-19(22(28)24(30)31)14-17-10-8-16(3)9-11-17/h8-11,15,18-19,21H,4-7,12-14H2,1-3H3,(H,25,29)(H,26,27)(H,30,31)/t18?,19-,21-/m0/s1. The Balaban J connectivity index is 1.93. The maximum absolute atomic E-state index is 12.9. The van der Waals surface area contributed by atoms with Gasteiger partial charge in [-0.05, 0) is 37.7 Å². The van der Waals surface area contributed by atoms with Crippen LogP contribution in [0.25, 0.3) is 0 Å². The first-order valence-corrected chi connectivity index (χ1v) is 13.8. The summed E-state index contributed by atoms with van der Waals surface area (Å²) in [4.78, 5) is 48.9. The van der Waals surface area contributed by atoms with E-state index in [0.717, 1.165) is 30.4 Å². The molecule has 0 aromatic heterocycles. The van der Waals surface area contributed by atoms with Crippen LogP contribution in [0.1, 0.15) is 57.1 Å². The van der Waals surface area contributed by atoms with Crippen molar-refractivity contribution in [1.29, 1.82) is 0 Å². The lowest BCUT2D eigenvalue weighted by Crippen LogP contribution is -2.55. The highest BCUT2D eigenvalue weighted by atomic mass is 33.1. The largest absolute Gasteiger partial charge is 0.475 e. The molecule has 1 aromatic rings.